The van der Waals surface area contributed by atoms with Crippen molar-refractivity contribution in [3.63, 3.8) is 0 Å². The zero-order valence-electron chi connectivity index (χ0n) is 14.8. The molecule has 3 aromatic rings. The molecule has 0 N–H and O–H groups in total. The summed E-state index contributed by atoms with van der Waals surface area (Å²) in [6.45, 7) is 11.2. The van der Waals surface area contributed by atoms with Gasteiger partial charge in [-0.15, -0.1) is 0 Å². The number of thiazole rings is 1. The van der Waals surface area contributed by atoms with Gasteiger partial charge in [-0.1, -0.05) is 23.5 Å². The standard InChI is InChI=1S/C20H22N2OS/c1-6-22-17-10-12(2)9-15(5)18(17)24-20(22)21-19(23)16-8-7-13(3)14(4)11-16/h7-11H,6H2,1-5H3. The quantitative estimate of drug-likeness (QED) is 0.667. The highest BCUT2D eigenvalue weighted by Crippen LogP contribution is 2.23. The summed E-state index contributed by atoms with van der Waals surface area (Å²) in [5, 5.41) is 0. The Balaban J connectivity index is 2.17. The zero-order valence-corrected chi connectivity index (χ0v) is 15.6. The number of carbonyl (C=O) groups excluding carboxylic acids is 1. The molecular weight excluding hydrogens is 316 g/mol. The van der Waals surface area contributed by atoms with Crippen molar-refractivity contribution in [3.05, 3.63) is 63.0 Å². The fraction of sp³-hybridized carbons (Fsp3) is 0.300. The third kappa shape index (κ3) is 2.94. The number of aryl methyl sites for hydroxylation is 5. The van der Waals surface area contributed by atoms with E-state index in [0.717, 1.165) is 22.4 Å². The topological polar surface area (TPSA) is 34.4 Å². The molecule has 3 nitrogen and oxygen atoms in total. The lowest BCUT2D eigenvalue weighted by atomic mass is 10.1. The number of fused-ring (bicyclic) bond motifs is 1. The number of amides is 1. The van der Waals surface area contributed by atoms with Crippen molar-refractivity contribution in [2.24, 2.45) is 4.99 Å². The van der Waals surface area contributed by atoms with Crippen molar-refractivity contribution >= 4 is 27.5 Å². The number of rotatable bonds is 2. The minimum absolute atomic E-state index is 0.179. The summed E-state index contributed by atoms with van der Waals surface area (Å²) in [5.74, 6) is -0.179. The van der Waals surface area contributed by atoms with Gasteiger partial charge in [0.15, 0.2) is 4.80 Å². The minimum atomic E-state index is -0.179. The van der Waals surface area contributed by atoms with Gasteiger partial charge in [-0.2, -0.15) is 4.99 Å². The van der Waals surface area contributed by atoms with Gasteiger partial charge in [0.25, 0.3) is 5.91 Å². The van der Waals surface area contributed by atoms with Gasteiger partial charge in [0.1, 0.15) is 0 Å². The highest BCUT2D eigenvalue weighted by molar-refractivity contribution is 7.16. The lowest BCUT2D eigenvalue weighted by Crippen LogP contribution is -2.16. The van der Waals surface area contributed by atoms with Gasteiger partial charge in [0, 0.05) is 12.1 Å². The van der Waals surface area contributed by atoms with Gasteiger partial charge >= 0.3 is 0 Å². The van der Waals surface area contributed by atoms with Crippen LogP contribution < -0.4 is 4.80 Å². The molecule has 0 unspecified atom stereocenters. The number of hydrogen-bond acceptors (Lipinski definition) is 2. The van der Waals surface area contributed by atoms with Gasteiger partial charge in [-0.05, 0) is 75.1 Å². The van der Waals surface area contributed by atoms with Crippen molar-refractivity contribution in [1.29, 1.82) is 0 Å². The van der Waals surface area contributed by atoms with Gasteiger partial charge in [-0.25, -0.2) is 0 Å². The molecular formula is C20H22N2OS. The number of hydrogen-bond donors (Lipinski definition) is 0. The Morgan fingerprint density at radius 2 is 1.79 bits per heavy atom. The summed E-state index contributed by atoms with van der Waals surface area (Å²) in [7, 11) is 0. The van der Waals surface area contributed by atoms with Crippen LogP contribution in [0.5, 0.6) is 0 Å². The third-order valence-electron chi connectivity index (χ3n) is 4.38. The Morgan fingerprint density at radius 1 is 1.04 bits per heavy atom. The maximum absolute atomic E-state index is 12.6. The fourth-order valence-corrected chi connectivity index (χ4v) is 4.07. The van der Waals surface area contributed by atoms with Crippen LogP contribution in [0.15, 0.2) is 35.3 Å². The summed E-state index contributed by atoms with van der Waals surface area (Å²) in [4.78, 5) is 17.8. The lowest BCUT2D eigenvalue weighted by molar-refractivity contribution is 0.0998. The molecule has 0 aliphatic rings. The van der Waals surface area contributed by atoms with E-state index in [1.807, 2.05) is 32.0 Å². The van der Waals surface area contributed by atoms with Crippen LogP contribution in [-0.4, -0.2) is 10.5 Å². The lowest BCUT2D eigenvalue weighted by Gasteiger charge is -2.03. The molecule has 0 spiro atoms. The van der Waals surface area contributed by atoms with E-state index in [1.165, 1.54) is 21.4 Å². The first kappa shape index (κ1) is 16.7. The molecule has 0 atom stereocenters. The summed E-state index contributed by atoms with van der Waals surface area (Å²) in [5.41, 5.74) is 6.56. The number of aromatic nitrogens is 1. The van der Waals surface area contributed by atoms with Gasteiger partial charge in [-0.3, -0.25) is 4.79 Å². The Labute approximate surface area is 146 Å². The molecule has 0 fully saturated rings. The van der Waals surface area contributed by atoms with Crippen LogP contribution in [-0.2, 0) is 6.54 Å². The summed E-state index contributed by atoms with van der Waals surface area (Å²) in [6, 6.07) is 10.1. The number of carbonyl (C=O) groups is 1. The van der Waals surface area contributed by atoms with Crippen molar-refractivity contribution in [3.8, 4) is 0 Å². The monoisotopic (exact) mass is 338 g/mol. The van der Waals surface area contributed by atoms with E-state index in [1.54, 1.807) is 11.3 Å². The normalized spacial score (nSPS) is 12.1. The van der Waals surface area contributed by atoms with Gasteiger partial charge in [0.2, 0.25) is 0 Å². The molecule has 2 aromatic carbocycles. The van der Waals surface area contributed by atoms with Crippen molar-refractivity contribution in [2.75, 3.05) is 0 Å². The Kier molecular flexibility index (Phi) is 4.41. The number of nitrogens with zero attached hydrogens (tertiary/aromatic N) is 2. The second-order valence-electron chi connectivity index (χ2n) is 6.27. The van der Waals surface area contributed by atoms with E-state index >= 15 is 0 Å². The molecule has 4 heteroatoms. The van der Waals surface area contributed by atoms with Gasteiger partial charge < -0.3 is 4.57 Å². The van der Waals surface area contributed by atoms with E-state index < -0.39 is 0 Å². The largest absolute Gasteiger partial charge is 0.317 e. The SMILES string of the molecule is CCn1c(=NC(=O)c2ccc(C)c(C)c2)sc2c(C)cc(C)cc21. The first-order valence-electron chi connectivity index (χ1n) is 8.17. The maximum Gasteiger partial charge on any atom is 0.279 e. The molecule has 0 bridgehead atoms. The van der Waals surface area contributed by atoms with E-state index in [9.17, 15) is 4.79 Å². The van der Waals surface area contributed by atoms with E-state index in [2.05, 4.69) is 42.5 Å². The molecule has 0 saturated heterocycles. The van der Waals surface area contributed by atoms with E-state index in [4.69, 9.17) is 0 Å². The van der Waals surface area contributed by atoms with Crippen molar-refractivity contribution < 1.29 is 4.79 Å². The van der Waals surface area contributed by atoms with E-state index in [0.29, 0.717) is 5.56 Å². The average Bonchev–Trinajstić information content (AvgIpc) is 2.87. The molecule has 1 heterocycles. The molecule has 0 aliphatic heterocycles. The second kappa shape index (κ2) is 6.36. The van der Waals surface area contributed by atoms with Crippen molar-refractivity contribution in [1.82, 2.24) is 4.57 Å². The van der Waals surface area contributed by atoms with E-state index in [-0.39, 0.29) is 5.91 Å². The molecule has 1 aromatic heterocycles. The van der Waals surface area contributed by atoms with Crippen LogP contribution >= 0.6 is 11.3 Å². The van der Waals surface area contributed by atoms with Crippen LogP contribution in [0.3, 0.4) is 0 Å². The molecule has 3 rings (SSSR count). The predicted octanol–water partition coefficient (Wildman–Crippen LogP) is 4.70. The highest BCUT2D eigenvalue weighted by atomic mass is 32.1. The summed E-state index contributed by atoms with van der Waals surface area (Å²) < 4.78 is 3.33. The smallest absolute Gasteiger partial charge is 0.279 e. The van der Waals surface area contributed by atoms with Gasteiger partial charge in [0.05, 0.1) is 10.2 Å². The Hall–Kier alpha value is -2.20. The zero-order chi connectivity index (χ0) is 17.4. The Morgan fingerprint density at radius 3 is 2.46 bits per heavy atom. The van der Waals surface area contributed by atoms with Crippen molar-refractivity contribution in [2.45, 2.75) is 41.2 Å². The molecule has 24 heavy (non-hydrogen) atoms. The van der Waals surface area contributed by atoms with Crippen LogP contribution in [0, 0.1) is 27.7 Å². The first-order chi connectivity index (χ1) is 11.4. The predicted molar refractivity (Wildman–Crippen MR) is 101 cm³/mol. The van der Waals surface area contributed by atoms with Crippen LogP contribution in [0.4, 0.5) is 0 Å². The second-order valence-corrected chi connectivity index (χ2v) is 7.25. The molecule has 1 amide bonds. The third-order valence-corrected chi connectivity index (χ3v) is 5.61. The molecule has 0 saturated carbocycles. The average molecular weight is 338 g/mol. The van der Waals surface area contributed by atoms with Crippen LogP contribution in [0.25, 0.3) is 10.2 Å². The molecule has 0 aliphatic carbocycles. The minimum Gasteiger partial charge on any atom is -0.317 e. The summed E-state index contributed by atoms with van der Waals surface area (Å²) >= 11 is 1.59. The summed E-state index contributed by atoms with van der Waals surface area (Å²) in [6.07, 6.45) is 0. The fourth-order valence-electron chi connectivity index (χ4n) is 2.93. The molecule has 124 valence electrons. The Bertz CT molecular complexity index is 1010. The number of benzene rings is 2. The molecule has 0 radical (unpaired) electrons. The van der Waals surface area contributed by atoms with Crippen LogP contribution in [0.2, 0.25) is 0 Å². The first-order valence-corrected chi connectivity index (χ1v) is 8.99. The van der Waals surface area contributed by atoms with Crippen LogP contribution in [0.1, 0.15) is 39.5 Å². The maximum atomic E-state index is 12.6. The highest BCUT2D eigenvalue weighted by Gasteiger charge is 2.11.